The van der Waals surface area contributed by atoms with Gasteiger partial charge in [0.1, 0.15) is 5.75 Å². The Morgan fingerprint density at radius 2 is 1.95 bits per heavy atom. The van der Waals surface area contributed by atoms with Crippen molar-refractivity contribution in [3.8, 4) is 5.75 Å². The minimum absolute atomic E-state index is 0.587. The third-order valence-electron chi connectivity index (χ3n) is 4.87. The molecule has 1 N–H and O–H groups in total. The number of ether oxygens (including phenoxy) is 1. The molecule has 0 unspecified atom stereocenters. The van der Waals surface area contributed by atoms with E-state index in [9.17, 15) is 9.90 Å². The summed E-state index contributed by atoms with van der Waals surface area (Å²) in [5.74, 6) is 0.291. The molecule has 1 heterocycles. The van der Waals surface area contributed by atoms with Gasteiger partial charge in [-0.25, -0.2) is 0 Å². The van der Waals surface area contributed by atoms with Crippen LogP contribution in [0, 0.1) is 5.41 Å². The largest absolute Gasteiger partial charge is 0.493 e. The third kappa shape index (κ3) is 2.96. The highest BCUT2D eigenvalue weighted by atomic mass is 79.9. The van der Waals surface area contributed by atoms with Gasteiger partial charge in [-0.15, -0.1) is 0 Å². The Morgan fingerprint density at radius 3 is 2.62 bits per heavy atom. The number of carboxylic acid groups (broad SMARTS) is 1. The predicted molar refractivity (Wildman–Crippen MR) is 84.8 cm³/mol. The average molecular weight is 353 g/mol. The zero-order chi connectivity index (χ0) is 14.9. The smallest absolute Gasteiger partial charge is 0.309 e. The van der Waals surface area contributed by atoms with Crippen LogP contribution < -0.4 is 4.74 Å². The molecule has 0 spiro atoms. The fourth-order valence-electron chi connectivity index (χ4n) is 3.71. The molecule has 1 fully saturated rings. The van der Waals surface area contributed by atoms with E-state index >= 15 is 0 Å². The second-order valence-corrected chi connectivity index (χ2v) is 7.24. The number of benzene rings is 1. The van der Waals surface area contributed by atoms with Crippen LogP contribution in [0.3, 0.4) is 0 Å². The second-order valence-electron chi connectivity index (χ2n) is 6.33. The van der Waals surface area contributed by atoms with E-state index in [0.717, 1.165) is 60.7 Å². The zero-order valence-electron chi connectivity index (χ0n) is 12.2. The second kappa shape index (κ2) is 5.99. The quantitative estimate of drug-likeness (QED) is 0.822. The first-order valence-corrected chi connectivity index (χ1v) is 8.57. The van der Waals surface area contributed by atoms with E-state index < -0.39 is 11.4 Å². The van der Waals surface area contributed by atoms with Gasteiger partial charge in [-0.1, -0.05) is 41.6 Å². The molecule has 1 saturated carbocycles. The lowest BCUT2D eigenvalue weighted by molar-refractivity contribution is -0.149. The van der Waals surface area contributed by atoms with Crippen LogP contribution in [0.1, 0.15) is 49.7 Å². The van der Waals surface area contributed by atoms with Crippen LogP contribution in [0.4, 0.5) is 0 Å². The van der Waals surface area contributed by atoms with Gasteiger partial charge in [-0.3, -0.25) is 4.79 Å². The van der Waals surface area contributed by atoms with E-state index in [1.165, 1.54) is 5.56 Å². The van der Waals surface area contributed by atoms with Crippen LogP contribution in [0.2, 0.25) is 0 Å². The van der Waals surface area contributed by atoms with E-state index in [4.69, 9.17) is 4.74 Å². The molecule has 0 bridgehead atoms. The van der Waals surface area contributed by atoms with Crippen LogP contribution in [-0.4, -0.2) is 17.7 Å². The maximum absolute atomic E-state index is 12.0. The topological polar surface area (TPSA) is 46.5 Å². The van der Waals surface area contributed by atoms with Crippen LogP contribution >= 0.6 is 15.9 Å². The van der Waals surface area contributed by atoms with Crippen molar-refractivity contribution < 1.29 is 14.6 Å². The normalized spacial score (nSPS) is 20.4. The summed E-state index contributed by atoms with van der Waals surface area (Å²) in [4.78, 5) is 12.0. The number of hydrogen-bond donors (Lipinski definition) is 1. The number of fused-ring (bicyclic) bond motifs is 1. The highest BCUT2D eigenvalue weighted by Crippen LogP contribution is 2.42. The number of aliphatic carboxylic acids is 1. The van der Waals surface area contributed by atoms with Crippen molar-refractivity contribution in [3.63, 3.8) is 0 Å². The van der Waals surface area contributed by atoms with Crippen LogP contribution in [0.15, 0.2) is 16.6 Å². The molecule has 21 heavy (non-hydrogen) atoms. The van der Waals surface area contributed by atoms with Gasteiger partial charge in [-0.05, 0) is 42.5 Å². The number of carbonyl (C=O) groups is 1. The lowest BCUT2D eigenvalue weighted by Crippen LogP contribution is -2.33. The molecule has 0 saturated heterocycles. The van der Waals surface area contributed by atoms with Crippen molar-refractivity contribution in [2.45, 2.75) is 51.4 Å². The summed E-state index contributed by atoms with van der Waals surface area (Å²) in [7, 11) is 0. The van der Waals surface area contributed by atoms with Crippen molar-refractivity contribution in [2.75, 3.05) is 6.61 Å². The summed E-state index contributed by atoms with van der Waals surface area (Å²) >= 11 is 3.55. The molecule has 4 heteroatoms. The molecule has 1 aliphatic carbocycles. The molecular weight excluding hydrogens is 332 g/mol. The molecule has 0 amide bonds. The summed E-state index contributed by atoms with van der Waals surface area (Å²) in [6.45, 7) is 0.707. The van der Waals surface area contributed by atoms with Crippen molar-refractivity contribution in [1.29, 1.82) is 0 Å². The Balaban J connectivity index is 1.95. The fourth-order valence-corrected chi connectivity index (χ4v) is 4.27. The third-order valence-corrected chi connectivity index (χ3v) is 5.33. The molecule has 114 valence electrons. The van der Waals surface area contributed by atoms with Crippen molar-refractivity contribution in [2.24, 2.45) is 5.41 Å². The summed E-state index contributed by atoms with van der Waals surface area (Å²) in [6, 6.07) is 4.13. The van der Waals surface area contributed by atoms with Gasteiger partial charge in [0.05, 0.1) is 12.0 Å². The maximum atomic E-state index is 12.0. The molecule has 1 aromatic carbocycles. The first-order valence-electron chi connectivity index (χ1n) is 7.78. The van der Waals surface area contributed by atoms with E-state index in [1.807, 2.05) is 6.07 Å². The predicted octanol–water partition coefficient (Wildman–Crippen LogP) is 4.35. The Labute approximate surface area is 133 Å². The van der Waals surface area contributed by atoms with Gasteiger partial charge < -0.3 is 9.84 Å². The molecule has 2 aliphatic rings. The molecule has 3 nitrogen and oxygen atoms in total. The summed E-state index contributed by atoms with van der Waals surface area (Å²) < 4.78 is 6.79. The highest BCUT2D eigenvalue weighted by Gasteiger charge is 2.39. The summed E-state index contributed by atoms with van der Waals surface area (Å²) in [5.41, 5.74) is 1.64. The standard InChI is InChI=1S/C17H21BrO3/c18-14-9-12-5-8-21-15(12)13(10-14)11-17(16(19)20)6-3-1-2-4-7-17/h9-10H,1-8,11H2,(H,19,20). The number of rotatable bonds is 3. The van der Waals surface area contributed by atoms with Crippen LogP contribution in [0.5, 0.6) is 5.75 Å². The lowest BCUT2D eigenvalue weighted by atomic mass is 9.75. The molecule has 0 radical (unpaired) electrons. The molecular formula is C17H21BrO3. The molecule has 1 aliphatic heterocycles. The Kier molecular flexibility index (Phi) is 4.25. The molecule has 0 aromatic heterocycles. The number of halogens is 1. The zero-order valence-corrected chi connectivity index (χ0v) is 13.7. The average Bonchev–Trinajstić information content (AvgIpc) is 2.77. The highest BCUT2D eigenvalue weighted by molar-refractivity contribution is 9.10. The van der Waals surface area contributed by atoms with Crippen molar-refractivity contribution in [1.82, 2.24) is 0 Å². The van der Waals surface area contributed by atoms with Gasteiger partial charge >= 0.3 is 5.97 Å². The van der Waals surface area contributed by atoms with Crippen LogP contribution in [0.25, 0.3) is 0 Å². The molecule has 3 rings (SSSR count). The van der Waals surface area contributed by atoms with Crippen molar-refractivity contribution >= 4 is 21.9 Å². The Bertz CT molecular complexity index is 545. The van der Waals surface area contributed by atoms with Gasteiger partial charge in [0, 0.05) is 10.9 Å². The molecule has 0 atom stereocenters. The number of carboxylic acids is 1. The fraction of sp³-hybridized carbons (Fsp3) is 0.588. The Hall–Kier alpha value is -1.03. The van der Waals surface area contributed by atoms with Crippen molar-refractivity contribution in [3.05, 3.63) is 27.7 Å². The van der Waals surface area contributed by atoms with E-state index in [0.29, 0.717) is 13.0 Å². The summed E-state index contributed by atoms with van der Waals surface area (Å²) in [6.07, 6.45) is 7.41. The van der Waals surface area contributed by atoms with E-state index in [1.54, 1.807) is 0 Å². The van der Waals surface area contributed by atoms with E-state index in [2.05, 4.69) is 22.0 Å². The first kappa shape index (κ1) is 14.9. The van der Waals surface area contributed by atoms with Gasteiger partial charge in [0.25, 0.3) is 0 Å². The maximum Gasteiger partial charge on any atom is 0.309 e. The van der Waals surface area contributed by atoms with Gasteiger partial charge in [0.15, 0.2) is 0 Å². The van der Waals surface area contributed by atoms with Crippen LogP contribution in [-0.2, 0) is 17.6 Å². The first-order chi connectivity index (χ1) is 10.1. The minimum atomic E-state index is -0.642. The SMILES string of the molecule is O=C(O)C1(Cc2cc(Br)cc3c2OCC3)CCCCCC1. The lowest BCUT2D eigenvalue weighted by Gasteiger charge is -2.29. The molecule has 1 aromatic rings. The Morgan fingerprint density at radius 1 is 1.24 bits per heavy atom. The van der Waals surface area contributed by atoms with E-state index in [-0.39, 0.29) is 0 Å². The van der Waals surface area contributed by atoms with Gasteiger partial charge in [-0.2, -0.15) is 0 Å². The van der Waals surface area contributed by atoms with Gasteiger partial charge in [0.2, 0.25) is 0 Å². The number of hydrogen-bond acceptors (Lipinski definition) is 2. The minimum Gasteiger partial charge on any atom is -0.493 e. The monoisotopic (exact) mass is 352 g/mol. The summed E-state index contributed by atoms with van der Waals surface area (Å²) in [5, 5.41) is 9.84.